The van der Waals surface area contributed by atoms with Crippen molar-refractivity contribution in [3.8, 4) is 5.75 Å². The van der Waals surface area contributed by atoms with E-state index in [4.69, 9.17) is 4.74 Å². The van der Waals surface area contributed by atoms with Crippen molar-refractivity contribution in [3.63, 3.8) is 0 Å². The van der Waals surface area contributed by atoms with E-state index in [0.717, 1.165) is 21.5 Å². The maximum absolute atomic E-state index is 13.2. The lowest BCUT2D eigenvalue weighted by Crippen LogP contribution is -2.31. The third-order valence-electron chi connectivity index (χ3n) is 5.24. The van der Waals surface area contributed by atoms with Gasteiger partial charge in [-0.1, -0.05) is 47.7 Å². The molecule has 34 heavy (non-hydrogen) atoms. The zero-order chi connectivity index (χ0) is 24.0. The average molecular weight is 496 g/mol. The molecule has 2 aromatic carbocycles. The van der Waals surface area contributed by atoms with Gasteiger partial charge in [0.05, 0.1) is 41.1 Å². The van der Waals surface area contributed by atoms with Crippen LogP contribution in [0.15, 0.2) is 72.9 Å². The van der Waals surface area contributed by atoms with E-state index < -0.39 is 9.84 Å². The maximum Gasteiger partial charge on any atom is 0.229 e. The monoisotopic (exact) mass is 495 g/mol. The van der Waals surface area contributed by atoms with Crippen LogP contribution in [0, 0.1) is 0 Å². The zero-order valence-corrected chi connectivity index (χ0v) is 20.4. The number of thiazole rings is 1. The lowest BCUT2D eigenvalue weighted by Gasteiger charge is -2.19. The van der Waals surface area contributed by atoms with Crippen molar-refractivity contribution < 1.29 is 17.9 Å². The van der Waals surface area contributed by atoms with Gasteiger partial charge in [-0.3, -0.25) is 14.7 Å². The number of hydrogen-bond donors (Lipinski definition) is 0. The molecule has 0 aliphatic rings. The van der Waals surface area contributed by atoms with Crippen LogP contribution < -0.4 is 9.64 Å². The van der Waals surface area contributed by atoms with Gasteiger partial charge in [-0.05, 0) is 42.3 Å². The molecule has 0 aliphatic heterocycles. The van der Waals surface area contributed by atoms with Crippen LogP contribution in [0.3, 0.4) is 0 Å². The van der Waals surface area contributed by atoms with Gasteiger partial charge >= 0.3 is 0 Å². The number of sulfone groups is 1. The topological polar surface area (TPSA) is 89.5 Å². The largest absolute Gasteiger partial charge is 0.497 e. The highest BCUT2D eigenvalue weighted by Crippen LogP contribution is 2.32. The van der Waals surface area contributed by atoms with Crippen LogP contribution in [0.2, 0.25) is 0 Å². The first-order valence-electron chi connectivity index (χ1n) is 10.8. The fraction of sp³-hybridized carbons (Fsp3) is 0.240. The minimum Gasteiger partial charge on any atom is -0.497 e. The normalized spacial score (nSPS) is 11.4. The molecule has 0 unspecified atom stereocenters. The summed E-state index contributed by atoms with van der Waals surface area (Å²) in [7, 11) is -1.71. The Kier molecular flexibility index (Phi) is 7.54. The molecule has 0 saturated carbocycles. The number of fused-ring (bicyclic) bond motifs is 1. The number of carbonyl (C=O) groups excluding carboxylic acids is 1. The second-order valence-corrected chi connectivity index (χ2v) is 11.0. The van der Waals surface area contributed by atoms with Crippen molar-refractivity contribution in [2.45, 2.75) is 25.1 Å². The number of benzene rings is 2. The van der Waals surface area contributed by atoms with Gasteiger partial charge in [0.25, 0.3) is 0 Å². The first-order valence-corrected chi connectivity index (χ1v) is 13.5. The van der Waals surface area contributed by atoms with E-state index in [0.29, 0.717) is 10.9 Å². The summed E-state index contributed by atoms with van der Waals surface area (Å²) in [5.41, 5.74) is 2.24. The summed E-state index contributed by atoms with van der Waals surface area (Å²) in [5, 5.41) is 0.547. The average Bonchev–Trinajstić information content (AvgIpc) is 3.26. The molecule has 0 N–H and O–H groups in total. The zero-order valence-electron chi connectivity index (χ0n) is 18.8. The predicted octanol–water partition coefficient (Wildman–Crippen LogP) is 4.63. The SMILES string of the molecule is COc1ccc2nc(N(Cc3ccccn3)C(=O)CCCS(=O)(=O)Cc3ccccc3)sc2c1. The number of methoxy groups -OCH3 is 1. The van der Waals surface area contributed by atoms with Crippen LogP contribution in [0.25, 0.3) is 10.2 Å². The molecule has 0 atom stereocenters. The Morgan fingerprint density at radius 1 is 1.06 bits per heavy atom. The molecule has 0 spiro atoms. The number of amides is 1. The lowest BCUT2D eigenvalue weighted by atomic mass is 10.2. The summed E-state index contributed by atoms with van der Waals surface area (Å²) in [5.74, 6) is 0.446. The molecule has 2 heterocycles. The molecule has 176 valence electrons. The van der Waals surface area contributed by atoms with Gasteiger partial charge in [-0.25, -0.2) is 13.4 Å². The van der Waals surface area contributed by atoms with Gasteiger partial charge in [0.2, 0.25) is 5.91 Å². The number of pyridine rings is 1. The van der Waals surface area contributed by atoms with Gasteiger partial charge in [-0.15, -0.1) is 0 Å². The highest BCUT2D eigenvalue weighted by molar-refractivity contribution is 7.90. The van der Waals surface area contributed by atoms with Crippen molar-refractivity contribution >= 4 is 42.4 Å². The molecule has 1 amide bonds. The number of nitrogens with zero attached hydrogens (tertiary/aromatic N) is 3. The molecule has 4 rings (SSSR count). The van der Waals surface area contributed by atoms with E-state index in [1.807, 2.05) is 54.6 Å². The summed E-state index contributed by atoms with van der Waals surface area (Å²) in [4.78, 5) is 23.8. The highest BCUT2D eigenvalue weighted by atomic mass is 32.2. The van der Waals surface area contributed by atoms with Crippen molar-refractivity contribution in [1.29, 1.82) is 0 Å². The van der Waals surface area contributed by atoms with Gasteiger partial charge in [0, 0.05) is 12.6 Å². The second-order valence-electron chi connectivity index (χ2n) is 7.81. The number of anilines is 1. The molecule has 0 aliphatic carbocycles. The van der Waals surface area contributed by atoms with E-state index in [9.17, 15) is 13.2 Å². The molecule has 9 heteroatoms. The van der Waals surface area contributed by atoms with E-state index in [2.05, 4.69) is 9.97 Å². The third kappa shape index (κ3) is 6.18. The summed E-state index contributed by atoms with van der Waals surface area (Å²) in [6.07, 6.45) is 2.02. The van der Waals surface area contributed by atoms with E-state index >= 15 is 0 Å². The van der Waals surface area contributed by atoms with Crippen LogP contribution >= 0.6 is 11.3 Å². The van der Waals surface area contributed by atoms with Crippen molar-refractivity contribution in [2.24, 2.45) is 0 Å². The number of rotatable bonds is 10. The molecular formula is C25H25N3O4S2. The minimum absolute atomic E-state index is 0.0284. The summed E-state index contributed by atoms with van der Waals surface area (Å²) < 4.78 is 31.3. The first kappa shape index (κ1) is 23.8. The van der Waals surface area contributed by atoms with Crippen LogP contribution in [0.4, 0.5) is 5.13 Å². The van der Waals surface area contributed by atoms with Crippen LogP contribution in [0.1, 0.15) is 24.1 Å². The van der Waals surface area contributed by atoms with Crippen LogP contribution in [-0.2, 0) is 26.9 Å². The molecular weight excluding hydrogens is 470 g/mol. The molecule has 7 nitrogen and oxygen atoms in total. The van der Waals surface area contributed by atoms with Crippen molar-refractivity contribution in [3.05, 3.63) is 84.2 Å². The van der Waals surface area contributed by atoms with Gasteiger partial charge < -0.3 is 4.74 Å². The molecule has 0 saturated heterocycles. The third-order valence-corrected chi connectivity index (χ3v) is 7.96. The van der Waals surface area contributed by atoms with Crippen molar-refractivity contribution in [2.75, 3.05) is 17.8 Å². The fourth-order valence-corrected chi connectivity index (χ4v) is 5.97. The quantitative estimate of drug-likeness (QED) is 0.319. The lowest BCUT2D eigenvalue weighted by molar-refractivity contribution is -0.118. The van der Waals surface area contributed by atoms with Crippen molar-refractivity contribution in [1.82, 2.24) is 9.97 Å². The number of ether oxygens (including phenoxy) is 1. The van der Waals surface area contributed by atoms with E-state index in [-0.39, 0.29) is 36.8 Å². The van der Waals surface area contributed by atoms with E-state index in [1.54, 1.807) is 30.3 Å². The molecule has 0 radical (unpaired) electrons. The maximum atomic E-state index is 13.2. The van der Waals surface area contributed by atoms with Gasteiger partial charge in [0.1, 0.15) is 5.75 Å². The predicted molar refractivity (Wildman–Crippen MR) is 135 cm³/mol. The molecule has 2 aromatic heterocycles. The Hall–Kier alpha value is -3.30. The number of hydrogen-bond acceptors (Lipinski definition) is 7. The number of carbonyl (C=O) groups is 1. The number of aromatic nitrogens is 2. The van der Waals surface area contributed by atoms with E-state index in [1.165, 1.54) is 11.3 Å². The Bertz CT molecular complexity index is 1360. The fourth-order valence-electron chi connectivity index (χ4n) is 3.53. The summed E-state index contributed by atoms with van der Waals surface area (Å²) >= 11 is 1.39. The van der Waals surface area contributed by atoms with Gasteiger partial charge in [0.15, 0.2) is 15.0 Å². The first-order chi connectivity index (χ1) is 16.4. The Morgan fingerprint density at radius 2 is 1.85 bits per heavy atom. The Balaban J connectivity index is 1.49. The Morgan fingerprint density at radius 3 is 2.59 bits per heavy atom. The molecule has 0 fully saturated rings. The summed E-state index contributed by atoms with van der Waals surface area (Å²) in [6, 6.07) is 20.2. The Labute approximate surface area is 203 Å². The second kappa shape index (κ2) is 10.8. The van der Waals surface area contributed by atoms with Crippen LogP contribution in [0.5, 0.6) is 5.75 Å². The standard InChI is InChI=1S/C25H25N3O4S2/c1-32-21-12-13-22-23(16-21)33-25(27-22)28(17-20-10-5-6-14-26-20)24(29)11-7-15-34(30,31)18-19-8-3-2-4-9-19/h2-6,8-10,12-14,16H,7,11,15,17-18H2,1H3. The van der Waals surface area contributed by atoms with Gasteiger partial charge in [-0.2, -0.15) is 0 Å². The minimum atomic E-state index is -3.32. The van der Waals surface area contributed by atoms with Crippen LogP contribution in [-0.4, -0.2) is 37.2 Å². The summed E-state index contributed by atoms with van der Waals surface area (Å²) in [6.45, 7) is 0.257. The molecule has 0 bridgehead atoms. The highest BCUT2D eigenvalue weighted by Gasteiger charge is 2.22. The smallest absolute Gasteiger partial charge is 0.229 e. The molecule has 4 aromatic rings.